The Labute approximate surface area is 249 Å². The van der Waals surface area contributed by atoms with Crippen LogP contribution in [0.5, 0.6) is 0 Å². The summed E-state index contributed by atoms with van der Waals surface area (Å²) in [5.41, 5.74) is 3.09. The molecule has 9 nitrogen and oxygen atoms in total. The van der Waals surface area contributed by atoms with Crippen LogP contribution in [-0.4, -0.2) is 43.8 Å². The van der Waals surface area contributed by atoms with Crippen LogP contribution in [0.3, 0.4) is 0 Å². The quantitative estimate of drug-likeness (QED) is 0.194. The van der Waals surface area contributed by atoms with E-state index in [0.717, 1.165) is 33.1 Å². The fourth-order valence-corrected chi connectivity index (χ4v) is 5.87. The Morgan fingerprint density at radius 1 is 0.860 bits per heavy atom. The van der Waals surface area contributed by atoms with Gasteiger partial charge in [-0.3, -0.25) is 0 Å². The van der Waals surface area contributed by atoms with E-state index in [1.807, 2.05) is 42.5 Å². The van der Waals surface area contributed by atoms with Crippen LogP contribution in [0.25, 0.3) is 33.1 Å². The fourth-order valence-electron chi connectivity index (χ4n) is 4.61. The summed E-state index contributed by atoms with van der Waals surface area (Å²) >= 11 is 0. The number of nitrogens with one attached hydrogen (secondary N) is 1. The molecule has 4 aromatic carbocycles. The van der Waals surface area contributed by atoms with Crippen molar-refractivity contribution in [2.45, 2.75) is 48.8 Å². The molecule has 1 unspecified atom stereocenters. The zero-order chi connectivity index (χ0) is 30.8. The Bertz CT molecular complexity index is 1890. The van der Waals surface area contributed by atoms with E-state index in [1.165, 1.54) is 12.1 Å². The number of ether oxygens (including phenoxy) is 2. The van der Waals surface area contributed by atoms with E-state index < -0.39 is 33.5 Å². The molecule has 0 fully saturated rings. The molecule has 1 heterocycles. The van der Waals surface area contributed by atoms with Gasteiger partial charge in [0.25, 0.3) is 0 Å². The van der Waals surface area contributed by atoms with E-state index in [9.17, 15) is 23.1 Å². The predicted octanol–water partition coefficient (Wildman–Crippen LogP) is 6.58. The van der Waals surface area contributed by atoms with Crippen molar-refractivity contribution in [2.75, 3.05) is 6.61 Å². The minimum Gasteiger partial charge on any atom is -0.480 e. The second-order valence-electron chi connectivity index (χ2n) is 11.0. The number of alkyl carbamates (subject to hydrolysis) is 1. The number of benzene rings is 4. The maximum absolute atomic E-state index is 13.3. The molecule has 222 valence electrons. The zero-order valence-electron chi connectivity index (χ0n) is 23.9. The lowest BCUT2D eigenvalue weighted by molar-refractivity contribution is -0.141. The van der Waals surface area contributed by atoms with E-state index in [1.54, 1.807) is 57.2 Å². The van der Waals surface area contributed by atoms with Crippen molar-refractivity contribution in [1.82, 2.24) is 5.32 Å². The second-order valence-corrected chi connectivity index (χ2v) is 13.0. The first-order chi connectivity index (χ1) is 20.4. The van der Waals surface area contributed by atoms with Gasteiger partial charge in [-0.2, -0.15) is 0 Å². The molecule has 5 rings (SSSR count). The lowest BCUT2D eigenvalue weighted by atomic mass is 10.0. The van der Waals surface area contributed by atoms with E-state index in [4.69, 9.17) is 13.9 Å². The van der Waals surface area contributed by atoms with Gasteiger partial charge in [0.2, 0.25) is 9.84 Å². The number of hydrogen-bond donors (Lipinski definition) is 2. The van der Waals surface area contributed by atoms with Crippen molar-refractivity contribution >= 4 is 43.8 Å². The van der Waals surface area contributed by atoms with Gasteiger partial charge >= 0.3 is 12.1 Å². The number of fused-ring (bicyclic) bond motifs is 3. The number of carbonyl (C=O) groups is 2. The monoisotopic (exact) mass is 601 g/mol. The van der Waals surface area contributed by atoms with Crippen LogP contribution < -0.4 is 5.32 Å². The Kier molecular flexibility index (Phi) is 8.25. The number of para-hydroxylation sites is 2. The molecule has 0 aliphatic rings. The molecular formula is C33H31NO8S. The average molecular weight is 602 g/mol. The first kappa shape index (κ1) is 29.8. The molecule has 5 aromatic rings. The van der Waals surface area contributed by atoms with Gasteiger partial charge in [0.15, 0.2) is 6.04 Å². The van der Waals surface area contributed by atoms with E-state index in [-0.39, 0.29) is 23.0 Å². The van der Waals surface area contributed by atoms with Crippen LogP contribution in [0.15, 0.2) is 105 Å². The van der Waals surface area contributed by atoms with Gasteiger partial charge in [-0.25, -0.2) is 18.0 Å². The van der Waals surface area contributed by atoms with Crippen LogP contribution >= 0.6 is 0 Å². The smallest absolute Gasteiger partial charge is 0.408 e. The zero-order valence-corrected chi connectivity index (χ0v) is 24.7. The maximum atomic E-state index is 13.3. The molecule has 43 heavy (non-hydrogen) atoms. The second kappa shape index (κ2) is 11.9. The van der Waals surface area contributed by atoms with E-state index >= 15 is 0 Å². The average Bonchev–Trinajstić information content (AvgIpc) is 3.35. The molecule has 1 aromatic heterocycles. The van der Waals surface area contributed by atoms with Crippen molar-refractivity contribution in [3.63, 3.8) is 0 Å². The minimum atomic E-state index is -3.79. The maximum Gasteiger partial charge on any atom is 0.408 e. The third kappa shape index (κ3) is 6.71. The SMILES string of the molecule is CC(C)(C)OC(=O)NC(COCc1ccc(S(=O)(=O)c2ccc(-c3cccc4c3oc3ccccc34)cc2)cc1)C(=O)O. The number of aliphatic carboxylic acids is 1. The van der Waals surface area contributed by atoms with Gasteiger partial charge < -0.3 is 24.3 Å². The lowest BCUT2D eigenvalue weighted by Crippen LogP contribution is -2.46. The number of carbonyl (C=O) groups excluding carboxylic acids is 1. The summed E-state index contributed by atoms with van der Waals surface area (Å²) in [5.74, 6) is -1.27. The van der Waals surface area contributed by atoms with Crippen molar-refractivity contribution in [3.05, 3.63) is 96.6 Å². The summed E-state index contributed by atoms with van der Waals surface area (Å²) in [5, 5.41) is 13.7. The third-order valence-corrected chi connectivity index (χ3v) is 8.44. The van der Waals surface area contributed by atoms with Gasteiger partial charge in [-0.15, -0.1) is 0 Å². The van der Waals surface area contributed by atoms with Gasteiger partial charge in [0, 0.05) is 16.3 Å². The lowest BCUT2D eigenvalue weighted by Gasteiger charge is -2.22. The highest BCUT2D eigenvalue weighted by molar-refractivity contribution is 7.91. The van der Waals surface area contributed by atoms with Crippen LogP contribution in [0.4, 0.5) is 4.79 Å². The summed E-state index contributed by atoms with van der Waals surface area (Å²) in [7, 11) is -3.79. The molecule has 0 saturated heterocycles. The summed E-state index contributed by atoms with van der Waals surface area (Å²) in [6.45, 7) is 4.72. The number of rotatable bonds is 9. The summed E-state index contributed by atoms with van der Waals surface area (Å²) in [6.07, 6.45) is -0.863. The largest absolute Gasteiger partial charge is 0.480 e. The summed E-state index contributed by atoms with van der Waals surface area (Å²) in [6, 6.07) is 25.2. The molecule has 2 N–H and O–H groups in total. The topological polar surface area (TPSA) is 132 Å². The molecule has 1 atom stereocenters. The molecule has 0 aliphatic heterocycles. The normalized spacial score (nSPS) is 12.7. The number of hydrogen-bond acceptors (Lipinski definition) is 7. The molecule has 0 saturated carbocycles. The number of amides is 1. The first-order valence-corrected chi connectivity index (χ1v) is 15.1. The Morgan fingerprint density at radius 3 is 2.14 bits per heavy atom. The minimum absolute atomic E-state index is 0.0160. The van der Waals surface area contributed by atoms with Crippen LogP contribution in [0, 0.1) is 0 Å². The molecule has 0 bridgehead atoms. The Balaban J connectivity index is 1.25. The fraction of sp³-hybridized carbons (Fsp3) is 0.212. The highest BCUT2D eigenvalue weighted by Crippen LogP contribution is 2.36. The van der Waals surface area contributed by atoms with Crippen LogP contribution in [0.1, 0.15) is 26.3 Å². The van der Waals surface area contributed by atoms with E-state index in [2.05, 4.69) is 5.32 Å². The Hall–Kier alpha value is -4.67. The van der Waals surface area contributed by atoms with Crippen molar-refractivity contribution in [2.24, 2.45) is 0 Å². The van der Waals surface area contributed by atoms with Gasteiger partial charge in [-0.1, -0.05) is 60.7 Å². The first-order valence-electron chi connectivity index (χ1n) is 13.6. The standard InChI is InChI=1S/C33H31NO8S/c1-33(2,3)42-32(37)34-28(31(35)36)20-40-19-21-11-15-23(16-12-21)43(38,39)24-17-13-22(14-18-24)25-8-6-9-27-26-7-4-5-10-29(26)41-30(25)27/h4-18,28H,19-20H2,1-3H3,(H,34,37)(H,35,36). The van der Waals surface area contributed by atoms with Crippen molar-refractivity contribution in [3.8, 4) is 11.1 Å². The number of carboxylic acids is 1. The molecule has 0 spiro atoms. The number of carboxylic acid groups (broad SMARTS) is 1. The third-order valence-electron chi connectivity index (χ3n) is 6.66. The molecular weight excluding hydrogens is 570 g/mol. The highest BCUT2D eigenvalue weighted by Gasteiger charge is 2.24. The summed E-state index contributed by atoms with van der Waals surface area (Å²) in [4.78, 5) is 23.7. The van der Waals surface area contributed by atoms with Crippen molar-refractivity contribution < 1.29 is 37.0 Å². The molecule has 0 radical (unpaired) electrons. The van der Waals surface area contributed by atoms with E-state index in [0.29, 0.717) is 5.56 Å². The van der Waals surface area contributed by atoms with Gasteiger partial charge in [0.05, 0.1) is 23.0 Å². The number of furan rings is 1. The molecule has 0 aliphatic carbocycles. The van der Waals surface area contributed by atoms with Gasteiger partial charge in [0.1, 0.15) is 16.8 Å². The Morgan fingerprint density at radius 2 is 1.49 bits per heavy atom. The van der Waals surface area contributed by atoms with Gasteiger partial charge in [-0.05, 0) is 62.2 Å². The van der Waals surface area contributed by atoms with Crippen molar-refractivity contribution in [1.29, 1.82) is 0 Å². The molecule has 10 heteroatoms. The summed E-state index contributed by atoms with van der Waals surface area (Å²) < 4.78 is 43.4. The predicted molar refractivity (Wildman–Crippen MR) is 161 cm³/mol. The molecule has 1 amide bonds. The van der Waals surface area contributed by atoms with Crippen LogP contribution in [0.2, 0.25) is 0 Å². The highest BCUT2D eigenvalue weighted by atomic mass is 32.2. The van der Waals surface area contributed by atoms with Crippen LogP contribution in [-0.2, 0) is 30.7 Å². The number of sulfone groups is 1.